The molecule has 1 saturated heterocycles. The molecule has 0 bridgehead atoms. The average Bonchev–Trinajstić information content (AvgIpc) is 2.09. The van der Waals surface area contributed by atoms with Crippen molar-refractivity contribution in [2.75, 3.05) is 0 Å². The van der Waals surface area contributed by atoms with E-state index in [2.05, 4.69) is 5.32 Å². The maximum Gasteiger partial charge on any atom is 0.230 e. The van der Waals surface area contributed by atoms with Crippen molar-refractivity contribution in [2.24, 2.45) is 11.8 Å². The summed E-state index contributed by atoms with van der Waals surface area (Å²) in [5.74, 6) is -0.457. The Morgan fingerprint density at radius 1 is 1.40 bits per heavy atom. The molecule has 0 spiro atoms. The number of hydrogen-bond donors (Lipinski definition) is 1. The summed E-state index contributed by atoms with van der Waals surface area (Å²) in [5.41, 5.74) is 0. The molecule has 2 atom stereocenters. The summed E-state index contributed by atoms with van der Waals surface area (Å²) in [5, 5.41) is 2.29. The van der Waals surface area contributed by atoms with E-state index in [1.165, 1.54) is 0 Å². The van der Waals surface area contributed by atoms with Gasteiger partial charge in [-0.2, -0.15) is 0 Å². The number of imide groups is 1. The lowest BCUT2D eigenvalue weighted by Crippen LogP contribution is -2.21. The molecule has 2 unspecified atom stereocenters. The third-order valence-corrected chi connectivity index (χ3v) is 2.04. The summed E-state index contributed by atoms with van der Waals surface area (Å²) in [4.78, 5) is 21.7. The minimum absolute atomic E-state index is 0.0903. The molecule has 1 N–H and O–H groups in total. The zero-order valence-corrected chi connectivity index (χ0v) is 6.18. The molecule has 10 heavy (non-hydrogen) atoms. The van der Waals surface area contributed by atoms with E-state index in [1.807, 2.05) is 6.92 Å². The van der Waals surface area contributed by atoms with Crippen LogP contribution < -0.4 is 5.32 Å². The van der Waals surface area contributed by atoms with E-state index in [0.29, 0.717) is 0 Å². The fraction of sp³-hybridized carbons (Fsp3) is 0.714. The van der Waals surface area contributed by atoms with Gasteiger partial charge in [-0.1, -0.05) is 13.8 Å². The summed E-state index contributed by atoms with van der Waals surface area (Å²) in [7, 11) is 0. The van der Waals surface area contributed by atoms with Crippen LogP contribution in [0.3, 0.4) is 0 Å². The highest BCUT2D eigenvalue weighted by Crippen LogP contribution is 2.20. The second kappa shape index (κ2) is 2.40. The van der Waals surface area contributed by atoms with Crippen molar-refractivity contribution >= 4 is 11.8 Å². The number of carbonyl (C=O) groups excluding carboxylic acids is 2. The zero-order chi connectivity index (χ0) is 7.72. The lowest BCUT2D eigenvalue weighted by atomic mass is 9.95. The molecule has 0 radical (unpaired) electrons. The van der Waals surface area contributed by atoms with Crippen LogP contribution >= 0.6 is 0 Å². The van der Waals surface area contributed by atoms with E-state index in [4.69, 9.17) is 0 Å². The van der Waals surface area contributed by atoms with Gasteiger partial charge in [0.2, 0.25) is 11.8 Å². The first-order valence-electron chi connectivity index (χ1n) is 3.51. The van der Waals surface area contributed by atoms with Gasteiger partial charge < -0.3 is 0 Å². The Balaban J connectivity index is 2.73. The molecule has 1 aliphatic heterocycles. The molecule has 1 heterocycles. The van der Waals surface area contributed by atoms with Crippen molar-refractivity contribution in [3.05, 3.63) is 0 Å². The summed E-state index contributed by atoms with van der Waals surface area (Å²) in [6, 6.07) is 0. The average molecular weight is 141 g/mol. The highest BCUT2D eigenvalue weighted by molar-refractivity contribution is 6.04. The van der Waals surface area contributed by atoms with Gasteiger partial charge in [0.25, 0.3) is 0 Å². The molecule has 0 aromatic rings. The quantitative estimate of drug-likeness (QED) is 0.534. The smallest absolute Gasteiger partial charge is 0.230 e. The van der Waals surface area contributed by atoms with E-state index in [-0.39, 0.29) is 23.7 Å². The molecule has 0 saturated carbocycles. The van der Waals surface area contributed by atoms with Crippen molar-refractivity contribution in [1.29, 1.82) is 0 Å². The minimum atomic E-state index is -0.128. The maximum atomic E-state index is 10.9. The van der Waals surface area contributed by atoms with Crippen LogP contribution in [0.25, 0.3) is 0 Å². The Hall–Kier alpha value is -0.860. The van der Waals surface area contributed by atoms with E-state index in [0.717, 1.165) is 6.42 Å². The topological polar surface area (TPSA) is 46.2 Å². The predicted molar refractivity (Wildman–Crippen MR) is 36.1 cm³/mol. The van der Waals surface area contributed by atoms with E-state index in [9.17, 15) is 9.59 Å². The normalized spacial score (nSPS) is 32.6. The van der Waals surface area contributed by atoms with Crippen molar-refractivity contribution in [3.8, 4) is 0 Å². The zero-order valence-electron chi connectivity index (χ0n) is 6.18. The number of rotatable bonds is 1. The lowest BCUT2D eigenvalue weighted by molar-refractivity contribution is -0.126. The first-order valence-corrected chi connectivity index (χ1v) is 3.51. The first-order chi connectivity index (χ1) is 4.66. The molecule has 1 aliphatic rings. The van der Waals surface area contributed by atoms with Crippen molar-refractivity contribution < 1.29 is 9.59 Å². The second-order valence-electron chi connectivity index (χ2n) is 2.66. The SMILES string of the molecule is CCC1C(=O)NC(=O)C1C. The molecule has 3 nitrogen and oxygen atoms in total. The summed E-state index contributed by atoms with van der Waals surface area (Å²) in [6.07, 6.45) is 0.749. The van der Waals surface area contributed by atoms with Crippen LogP contribution in [0.4, 0.5) is 0 Å². The van der Waals surface area contributed by atoms with Crippen LogP contribution in [0, 0.1) is 11.8 Å². The Labute approximate surface area is 59.8 Å². The Kier molecular flexibility index (Phi) is 1.74. The fourth-order valence-electron chi connectivity index (χ4n) is 1.28. The Bertz CT molecular complexity index is 176. The predicted octanol–water partition coefficient (Wildman–Crippen LogP) is 0.305. The molecule has 0 aromatic heterocycles. The van der Waals surface area contributed by atoms with Crippen LogP contribution in [0.2, 0.25) is 0 Å². The summed E-state index contributed by atoms with van der Waals surface area (Å²) in [6.45, 7) is 3.70. The van der Waals surface area contributed by atoms with Crippen molar-refractivity contribution in [2.45, 2.75) is 20.3 Å². The molecular formula is C7H11NO2. The van der Waals surface area contributed by atoms with Gasteiger partial charge in [-0.25, -0.2) is 0 Å². The molecular weight excluding hydrogens is 130 g/mol. The summed E-state index contributed by atoms with van der Waals surface area (Å²) >= 11 is 0. The van der Waals surface area contributed by atoms with Crippen LogP contribution in [0.1, 0.15) is 20.3 Å². The first kappa shape index (κ1) is 7.25. The van der Waals surface area contributed by atoms with Crippen LogP contribution in [0.15, 0.2) is 0 Å². The lowest BCUT2D eigenvalue weighted by Gasteiger charge is -2.04. The van der Waals surface area contributed by atoms with Gasteiger partial charge >= 0.3 is 0 Å². The number of nitrogens with one attached hydrogen (secondary N) is 1. The van der Waals surface area contributed by atoms with Gasteiger partial charge in [0.1, 0.15) is 0 Å². The molecule has 2 amide bonds. The van der Waals surface area contributed by atoms with E-state index < -0.39 is 0 Å². The standard InChI is InChI=1S/C7H11NO2/c1-3-5-4(2)6(9)8-7(5)10/h4-5H,3H2,1-2H3,(H,8,9,10). The van der Waals surface area contributed by atoms with E-state index in [1.54, 1.807) is 6.92 Å². The molecule has 0 aliphatic carbocycles. The van der Waals surface area contributed by atoms with Gasteiger partial charge in [0.15, 0.2) is 0 Å². The molecule has 0 aromatic carbocycles. The highest BCUT2D eigenvalue weighted by Gasteiger charge is 2.36. The monoisotopic (exact) mass is 141 g/mol. The number of carbonyl (C=O) groups is 2. The third kappa shape index (κ3) is 0.916. The Morgan fingerprint density at radius 2 is 2.00 bits per heavy atom. The highest BCUT2D eigenvalue weighted by atomic mass is 16.2. The van der Waals surface area contributed by atoms with Crippen molar-refractivity contribution in [1.82, 2.24) is 5.32 Å². The fourth-order valence-corrected chi connectivity index (χ4v) is 1.28. The van der Waals surface area contributed by atoms with Gasteiger partial charge in [-0.05, 0) is 6.42 Å². The molecule has 56 valence electrons. The van der Waals surface area contributed by atoms with Gasteiger partial charge in [-0.3, -0.25) is 14.9 Å². The number of hydrogen-bond acceptors (Lipinski definition) is 2. The van der Waals surface area contributed by atoms with Gasteiger partial charge in [-0.15, -0.1) is 0 Å². The Morgan fingerprint density at radius 3 is 2.20 bits per heavy atom. The second-order valence-corrected chi connectivity index (χ2v) is 2.66. The van der Waals surface area contributed by atoms with Gasteiger partial charge in [0.05, 0.1) is 0 Å². The van der Waals surface area contributed by atoms with Crippen LogP contribution in [0.5, 0.6) is 0 Å². The largest absolute Gasteiger partial charge is 0.296 e. The van der Waals surface area contributed by atoms with Crippen LogP contribution in [-0.2, 0) is 9.59 Å². The summed E-state index contributed by atoms with van der Waals surface area (Å²) < 4.78 is 0. The minimum Gasteiger partial charge on any atom is -0.296 e. The maximum absolute atomic E-state index is 10.9. The third-order valence-electron chi connectivity index (χ3n) is 2.04. The van der Waals surface area contributed by atoms with E-state index >= 15 is 0 Å². The van der Waals surface area contributed by atoms with Gasteiger partial charge in [0, 0.05) is 11.8 Å². The molecule has 1 rings (SSSR count). The molecule has 3 heteroatoms. The van der Waals surface area contributed by atoms with Crippen molar-refractivity contribution in [3.63, 3.8) is 0 Å². The number of amides is 2. The van der Waals surface area contributed by atoms with Crippen LogP contribution in [-0.4, -0.2) is 11.8 Å². The molecule has 1 fully saturated rings.